The molecule has 1 heterocycles. The average molecular weight is 385 g/mol. The number of nitro benzene ring substituents is 1. The summed E-state index contributed by atoms with van der Waals surface area (Å²) in [5, 5.41) is 49.8. The van der Waals surface area contributed by atoms with Crippen LogP contribution >= 0.6 is 0 Å². The Balaban J connectivity index is 2.56. The Bertz CT molecular complexity index is 1060. The Hall–Kier alpha value is -4.33. The number of phenolic OH excluding ortho intramolecular Hbond substituents is 2. The first-order valence-corrected chi connectivity index (χ1v) is 7.62. The first kappa shape index (κ1) is 20.0. The van der Waals surface area contributed by atoms with E-state index in [1.165, 1.54) is 19.3 Å². The van der Waals surface area contributed by atoms with Crippen molar-refractivity contribution in [3.05, 3.63) is 51.2 Å². The molecule has 0 saturated carbocycles. The van der Waals surface area contributed by atoms with E-state index in [0.717, 1.165) is 17.0 Å². The molecule has 28 heavy (non-hydrogen) atoms. The van der Waals surface area contributed by atoms with Crippen LogP contribution in [0.4, 0.5) is 17.2 Å². The van der Waals surface area contributed by atoms with Crippen molar-refractivity contribution in [2.45, 2.75) is 6.92 Å². The molecular formula is C17H15N5O6. The van der Waals surface area contributed by atoms with Crippen molar-refractivity contribution < 1.29 is 25.0 Å². The number of amides is 1. The van der Waals surface area contributed by atoms with E-state index >= 15 is 0 Å². The van der Waals surface area contributed by atoms with Gasteiger partial charge in [-0.25, -0.2) is 4.98 Å². The van der Waals surface area contributed by atoms with Gasteiger partial charge in [0.15, 0.2) is 11.3 Å². The topological polar surface area (TPSA) is 187 Å². The summed E-state index contributed by atoms with van der Waals surface area (Å²) < 4.78 is 0. The first-order valence-electron chi connectivity index (χ1n) is 7.62. The molecule has 0 aliphatic carbocycles. The number of phenols is 2. The maximum absolute atomic E-state index is 12.7. The van der Waals surface area contributed by atoms with Gasteiger partial charge in [-0.3, -0.25) is 14.9 Å². The van der Waals surface area contributed by atoms with E-state index in [-0.39, 0.29) is 5.82 Å². The average Bonchev–Trinajstić information content (AvgIpc) is 2.63. The minimum atomic E-state index is -1.01. The summed E-state index contributed by atoms with van der Waals surface area (Å²) >= 11 is 0. The lowest BCUT2D eigenvalue weighted by Gasteiger charge is -2.19. The van der Waals surface area contributed by atoms with Gasteiger partial charge in [-0.05, 0) is 24.6 Å². The highest BCUT2D eigenvalue weighted by atomic mass is 16.6. The van der Waals surface area contributed by atoms with Gasteiger partial charge in [0.2, 0.25) is 5.75 Å². The van der Waals surface area contributed by atoms with Crippen LogP contribution in [0.15, 0.2) is 30.0 Å². The molecule has 0 spiro atoms. The highest BCUT2D eigenvalue weighted by molar-refractivity contribution is 6.12. The minimum absolute atomic E-state index is 0.230. The van der Waals surface area contributed by atoms with Crippen molar-refractivity contribution in [1.29, 1.82) is 5.26 Å². The number of aromatic nitrogens is 1. The zero-order valence-corrected chi connectivity index (χ0v) is 14.7. The Morgan fingerprint density at radius 3 is 2.54 bits per heavy atom. The first-order chi connectivity index (χ1) is 13.1. The number of aryl methyl sites for hydroxylation is 1. The van der Waals surface area contributed by atoms with Crippen molar-refractivity contribution in [3.63, 3.8) is 0 Å². The number of nitro groups is 1. The third-order valence-electron chi connectivity index (χ3n) is 3.87. The number of nitrogens with two attached hydrogens (primary N) is 1. The predicted molar refractivity (Wildman–Crippen MR) is 98.4 cm³/mol. The smallest absolute Gasteiger partial charge is 0.315 e. The molecule has 1 amide bonds. The van der Waals surface area contributed by atoms with Gasteiger partial charge < -0.3 is 26.0 Å². The number of hydrogen-bond donors (Lipinski definition) is 4. The fraction of sp³-hybridized carbons (Fsp3) is 0.118. The fourth-order valence-electron chi connectivity index (χ4n) is 2.43. The van der Waals surface area contributed by atoms with E-state index in [1.807, 2.05) is 0 Å². The number of pyridine rings is 1. The number of aromatic hydroxyl groups is 2. The molecule has 0 radical (unpaired) electrons. The van der Waals surface area contributed by atoms with Crippen LogP contribution in [0.5, 0.6) is 11.5 Å². The number of hydrogen-bond acceptors (Lipinski definition) is 9. The Morgan fingerprint density at radius 2 is 2.00 bits per heavy atom. The number of likely N-dealkylation sites (N-methyl/N-ethyl adjacent to an activating group) is 1. The molecule has 144 valence electrons. The van der Waals surface area contributed by atoms with Crippen LogP contribution in [0, 0.1) is 28.4 Å². The number of nitrogens with zero attached hydrogens (tertiary/aromatic N) is 4. The molecule has 2 rings (SSSR count). The number of aliphatic hydroxyl groups is 1. The fourth-order valence-corrected chi connectivity index (χ4v) is 2.43. The van der Waals surface area contributed by atoms with Crippen molar-refractivity contribution in [2.75, 3.05) is 17.7 Å². The second-order valence-electron chi connectivity index (χ2n) is 5.72. The van der Waals surface area contributed by atoms with Crippen LogP contribution in [-0.2, 0) is 4.79 Å². The number of aliphatic hydroxyl groups excluding tert-OH is 1. The number of nitrogen functional groups attached to an aromatic ring is 1. The molecule has 0 saturated heterocycles. The van der Waals surface area contributed by atoms with Gasteiger partial charge in [-0.1, -0.05) is 0 Å². The van der Waals surface area contributed by atoms with Crippen molar-refractivity contribution in [3.8, 4) is 17.6 Å². The largest absolute Gasteiger partial charge is 0.506 e. The molecule has 11 nitrogen and oxygen atoms in total. The molecule has 11 heteroatoms. The van der Waals surface area contributed by atoms with E-state index in [9.17, 15) is 35.5 Å². The molecule has 0 bridgehead atoms. The zero-order valence-electron chi connectivity index (χ0n) is 14.7. The maximum Gasteiger partial charge on any atom is 0.315 e. The van der Waals surface area contributed by atoms with E-state index < -0.39 is 44.9 Å². The van der Waals surface area contributed by atoms with Crippen LogP contribution in [0.1, 0.15) is 11.1 Å². The molecule has 0 aliphatic heterocycles. The molecule has 1 aromatic carbocycles. The van der Waals surface area contributed by atoms with Gasteiger partial charge in [-0.2, -0.15) is 5.26 Å². The quantitative estimate of drug-likeness (QED) is 0.152. The highest BCUT2D eigenvalue weighted by Gasteiger charge is 2.26. The molecule has 2 aromatic rings. The van der Waals surface area contributed by atoms with Crippen LogP contribution in [0.2, 0.25) is 0 Å². The van der Waals surface area contributed by atoms with Gasteiger partial charge in [0, 0.05) is 18.7 Å². The van der Waals surface area contributed by atoms with Crippen LogP contribution in [0.3, 0.4) is 0 Å². The predicted octanol–water partition coefficient (Wildman–Crippen LogP) is 1.75. The zero-order chi connectivity index (χ0) is 21.2. The van der Waals surface area contributed by atoms with Crippen molar-refractivity contribution in [2.24, 2.45) is 0 Å². The summed E-state index contributed by atoms with van der Waals surface area (Å²) in [6.07, 6.45) is 1.31. The van der Waals surface area contributed by atoms with Gasteiger partial charge in [0.1, 0.15) is 17.6 Å². The van der Waals surface area contributed by atoms with Gasteiger partial charge in [-0.15, -0.1) is 0 Å². The van der Waals surface area contributed by atoms with E-state index in [4.69, 9.17) is 5.73 Å². The summed E-state index contributed by atoms with van der Waals surface area (Å²) in [5.41, 5.74) is 4.43. The highest BCUT2D eigenvalue weighted by Crippen LogP contribution is 2.38. The van der Waals surface area contributed by atoms with Gasteiger partial charge >= 0.3 is 5.69 Å². The number of carbonyl (C=O) groups is 1. The molecule has 0 unspecified atom stereocenters. The SMILES string of the molecule is Cc1cc(N)ncc1N(C)C(=O)/C(C#N)=C(\O)c1cc(O)c(O)c([N+](=O)[O-])c1. The molecular weight excluding hydrogens is 370 g/mol. The van der Waals surface area contributed by atoms with Crippen LogP contribution in [-0.4, -0.2) is 38.2 Å². The second kappa shape index (κ2) is 7.50. The van der Waals surface area contributed by atoms with E-state index in [2.05, 4.69) is 4.98 Å². The lowest BCUT2D eigenvalue weighted by atomic mass is 10.1. The number of anilines is 2. The Kier molecular flexibility index (Phi) is 5.36. The van der Waals surface area contributed by atoms with Gasteiger partial charge in [0.25, 0.3) is 5.91 Å². The monoisotopic (exact) mass is 385 g/mol. The number of benzene rings is 1. The summed E-state index contributed by atoms with van der Waals surface area (Å²) in [6, 6.07) is 4.57. The molecule has 5 N–H and O–H groups in total. The van der Waals surface area contributed by atoms with E-state index in [0.29, 0.717) is 11.3 Å². The van der Waals surface area contributed by atoms with Gasteiger partial charge in [0.05, 0.1) is 16.8 Å². The third kappa shape index (κ3) is 3.61. The minimum Gasteiger partial charge on any atom is -0.506 e. The lowest BCUT2D eigenvalue weighted by molar-refractivity contribution is -0.386. The number of nitriles is 1. The molecule has 0 fully saturated rings. The molecule has 0 atom stereocenters. The number of rotatable bonds is 4. The molecule has 1 aromatic heterocycles. The normalized spacial score (nSPS) is 11.3. The van der Waals surface area contributed by atoms with Crippen LogP contribution in [0.25, 0.3) is 5.76 Å². The maximum atomic E-state index is 12.7. The van der Waals surface area contributed by atoms with Crippen LogP contribution < -0.4 is 10.6 Å². The summed E-state index contributed by atoms with van der Waals surface area (Å²) in [5.74, 6) is -3.50. The molecule has 0 aliphatic rings. The second-order valence-corrected chi connectivity index (χ2v) is 5.72. The summed E-state index contributed by atoms with van der Waals surface area (Å²) in [4.78, 5) is 27.6. The Labute approximate surface area is 158 Å². The van der Waals surface area contributed by atoms with E-state index in [1.54, 1.807) is 13.0 Å². The standard InChI is InChI=1S/C17H15N5O6/c1-8-3-14(19)20-7-12(8)21(2)17(26)10(6-18)15(24)9-4-11(22(27)28)16(25)13(23)5-9/h3-5,7,23-25H,1-2H3,(H2,19,20)/b15-10-. The Morgan fingerprint density at radius 1 is 1.36 bits per heavy atom. The van der Waals surface area contributed by atoms with Crippen molar-refractivity contribution >= 4 is 28.9 Å². The summed E-state index contributed by atoms with van der Waals surface area (Å²) in [7, 11) is 1.34. The third-order valence-corrected chi connectivity index (χ3v) is 3.87. The number of carbonyl (C=O) groups excluding carboxylic acids is 1. The van der Waals surface area contributed by atoms with Crippen molar-refractivity contribution in [1.82, 2.24) is 4.98 Å². The lowest BCUT2D eigenvalue weighted by Crippen LogP contribution is -2.29. The summed E-state index contributed by atoms with van der Waals surface area (Å²) in [6.45, 7) is 1.66.